The van der Waals surface area contributed by atoms with Crippen molar-refractivity contribution in [3.63, 3.8) is 0 Å². The lowest BCUT2D eigenvalue weighted by Crippen LogP contribution is -1.85. The van der Waals surface area contributed by atoms with Gasteiger partial charge < -0.3 is 0 Å². The minimum atomic E-state index is 1.24. The Balaban J connectivity index is 1.40. The zero-order valence-electron chi connectivity index (χ0n) is 18.7. The molecule has 0 spiro atoms. The lowest BCUT2D eigenvalue weighted by Gasteiger charge is -2.12. The molecule has 0 saturated heterocycles. The molecular formula is C34H22. The molecule has 0 nitrogen and oxygen atoms in total. The molecule has 158 valence electrons. The van der Waals surface area contributed by atoms with Crippen LogP contribution in [0.3, 0.4) is 0 Å². The van der Waals surface area contributed by atoms with E-state index >= 15 is 0 Å². The molecule has 0 amide bonds. The lowest BCUT2D eigenvalue weighted by molar-refractivity contribution is 1.63. The molecule has 0 aliphatic rings. The van der Waals surface area contributed by atoms with Crippen molar-refractivity contribution in [2.75, 3.05) is 0 Å². The third-order valence-electron chi connectivity index (χ3n) is 7.04. The van der Waals surface area contributed by atoms with Gasteiger partial charge in [-0.15, -0.1) is 0 Å². The van der Waals surface area contributed by atoms with Crippen LogP contribution in [-0.4, -0.2) is 0 Å². The monoisotopic (exact) mass is 430 g/mol. The van der Waals surface area contributed by atoms with Gasteiger partial charge >= 0.3 is 0 Å². The van der Waals surface area contributed by atoms with Crippen LogP contribution in [0.4, 0.5) is 0 Å². The summed E-state index contributed by atoms with van der Waals surface area (Å²) in [4.78, 5) is 0. The Bertz CT molecular complexity index is 1830. The quantitative estimate of drug-likeness (QED) is 0.189. The van der Waals surface area contributed by atoms with Gasteiger partial charge in [-0.3, -0.25) is 0 Å². The van der Waals surface area contributed by atoms with Gasteiger partial charge in [0.25, 0.3) is 0 Å². The molecule has 0 aromatic heterocycles. The first-order valence-electron chi connectivity index (χ1n) is 11.8. The molecule has 7 rings (SSSR count). The summed E-state index contributed by atoms with van der Waals surface area (Å²) in [5.41, 5.74) is 5.04. The maximum Gasteiger partial charge on any atom is -0.00988 e. The number of hydrogen-bond acceptors (Lipinski definition) is 0. The summed E-state index contributed by atoms with van der Waals surface area (Å²) >= 11 is 0. The molecular weight excluding hydrogens is 408 g/mol. The predicted octanol–water partition coefficient (Wildman–Crippen LogP) is 9.63. The smallest absolute Gasteiger partial charge is 0.00988 e. The predicted molar refractivity (Wildman–Crippen MR) is 147 cm³/mol. The van der Waals surface area contributed by atoms with Crippen molar-refractivity contribution in [1.82, 2.24) is 0 Å². The second kappa shape index (κ2) is 7.57. The Morgan fingerprint density at radius 3 is 1.50 bits per heavy atom. The lowest BCUT2D eigenvalue weighted by atomic mass is 9.92. The van der Waals surface area contributed by atoms with E-state index in [1.54, 1.807) is 0 Å². The van der Waals surface area contributed by atoms with Crippen molar-refractivity contribution in [3.05, 3.63) is 133 Å². The molecule has 0 bridgehead atoms. The van der Waals surface area contributed by atoms with Crippen molar-refractivity contribution < 1.29 is 0 Å². The van der Waals surface area contributed by atoms with Crippen LogP contribution in [-0.2, 0) is 0 Å². The second-order valence-corrected chi connectivity index (χ2v) is 8.99. The van der Waals surface area contributed by atoms with Crippen molar-refractivity contribution >= 4 is 43.1 Å². The maximum atomic E-state index is 2.38. The van der Waals surface area contributed by atoms with Gasteiger partial charge in [-0.2, -0.15) is 0 Å². The molecule has 0 saturated carbocycles. The molecule has 0 fully saturated rings. The van der Waals surface area contributed by atoms with Crippen molar-refractivity contribution in [2.45, 2.75) is 0 Å². The normalized spacial score (nSPS) is 11.5. The molecule has 0 radical (unpaired) electrons. The summed E-state index contributed by atoms with van der Waals surface area (Å²) in [5, 5.41) is 10.3. The van der Waals surface area contributed by atoms with E-state index in [-0.39, 0.29) is 0 Å². The Morgan fingerprint density at radius 2 is 0.765 bits per heavy atom. The largest absolute Gasteiger partial charge is 0.0616 e. The second-order valence-electron chi connectivity index (χ2n) is 8.99. The zero-order chi connectivity index (χ0) is 22.5. The van der Waals surface area contributed by atoms with E-state index in [2.05, 4.69) is 133 Å². The number of hydrogen-bond donors (Lipinski definition) is 0. The maximum absolute atomic E-state index is 2.38. The van der Waals surface area contributed by atoms with Gasteiger partial charge in [0.15, 0.2) is 0 Å². The molecule has 0 aliphatic heterocycles. The Labute approximate surface area is 198 Å². The van der Waals surface area contributed by atoms with Crippen molar-refractivity contribution in [3.8, 4) is 22.3 Å². The summed E-state index contributed by atoms with van der Waals surface area (Å²) < 4.78 is 0. The molecule has 0 heterocycles. The summed E-state index contributed by atoms with van der Waals surface area (Å²) in [7, 11) is 0. The fraction of sp³-hybridized carbons (Fsp3) is 0. The fourth-order valence-electron chi connectivity index (χ4n) is 5.34. The van der Waals surface area contributed by atoms with Gasteiger partial charge in [-0.05, 0) is 77.5 Å². The van der Waals surface area contributed by atoms with Crippen molar-refractivity contribution in [1.29, 1.82) is 0 Å². The first-order chi connectivity index (χ1) is 16.8. The number of fused-ring (bicyclic) bond motifs is 5. The molecule has 0 unspecified atom stereocenters. The zero-order valence-corrected chi connectivity index (χ0v) is 18.7. The van der Waals surface area contributed by atoms with E-state index in [0.717, 1.165) is 0 Å². The minimum absolute atomic E-state index is 1.24. The fourth-order valence-corrected chi connectivity index (χ4v) is 5.34. The number of benzene rings is 7. The van der Waals surface area contributed by atoms with E-state index in [1.807, 2.05) is 0 Å². The Hall–Kier alpha value is -4.42. The minimum Gasteiger partial charge on any atom is -0.0616 e. The molecule has 0 heteroatoms. The molecule has 0 atom stereocenters. The average molecular weight is 431 g/mol. The van der Waals surface area contributed by atoms with Crippen LogP contribution in [0.1, 0.15) is 0 Å². The van der Waals surface area contributed by atoms with Crippen LogP contribution in [0, 0.1) is 0 Å². The Kier molecular flexibility index (Phi) is 4.25. The van der Waals surface area contributed by atoms with Crippen LogP contribution in [0.25, 0.3) is 65.3 Å². The van der Waals surface area contributed by atoms with Crippen LogP contribution >= 0.6 is 0 Å². The molecule has 0 N–H and O–H groups in total. The highest BCUT2D eigenvalue weighted by molar-refractivity contribution is 6.14. The van der Waals surface area contributed by atoms with Crippen LogP contribution < -0.4 is 0 Å². The third kappa shape index (κ3) is 3.00. The highest BCUT2D eigenvalue weighted by atomic mass is 14.1. The third-order valence-corrected chi connectivity index (χ3v) is 7.04. The van der Waals surface area contributed by atoms with E-state index in [9.17, 15) is 0 Å². The Morgan fingerprint density at radius 1 is 0.265 bits per heavy atom. The van der Waals surface area contributed by atoms with Crippen LogP contribution in [0.15, 0.2) is 133 Å². The summed E-state index contributed by atoms with van der Waals surface area (Å²) in [6, 6.07) is 48.6. The highest BCUT2D eigenvalue weighted by Crippen LogP contribution is 2.36. The van der Waals surface area contributed by atoms with E-state index in [0.29, 0.717) is 0 Å². The molecule has 34 heavy (non-hydrogen) atoms. The summed E-state index contributed by atoms with van der Waals surface area (Å²) in [5.74, 6) is 0. The van der Waals surface area contributed by atoms with Gasteiger partial charge in [-0.25, -0.2) is 0 Å². The van der Waals surface area contributed by atoms with Gasteiger partial charge in [0, 0.05) is 0 Å². The SMILES string of the molecule is c1ccc2c(-c3ccc(-c4cccc5cc6ccc7ccccc7c6cc45)cc3)cccc2c1. The van der Waals surface area contributed by atoms with Crippen LogP contribution in [0.5, 0.6) is 0 Å². The van der Waals surface area contributed by atoms with Crippen LogP contribution in [0.2, 0.25) is 0 Å². The van der Waals surface area contributed by atoms with Gasteiger partial charge in [0.05, 0.1) is 0 Å². The van der Waals surface area contributed by atoms with Gasteiger partial charge in [0.2, 0.25) is 0 Å². The van der Waals surface area contributed by atoms with E-state index in [4.69, 9.17) is 0 Å². The summed E-state index contributed by atoms with van der Waals surface area (Å²) in [6.07, 6.45) is 0. The van der Waals surface area contributed by atoms with Gasteiger partial charge in [-0.1, -0.05) is 121 Å². The molecule has 0 aliphatic carbocycles. The average Bonchev–Trinajstić information content (AvgIpc) is 2.91. The van der Waals surface area contributed by atoms with Gasteiger partial charge in [0.1, 0.15) is 0 Å². The van der Waals surface area contributed by atoms with E-state index in [1.165, 1.54) is 65.3 Å². The standard InChI is InChI=1S/C34H22/c1-3-11-29-23(7-1)9-5-13-30(29)25-15-17-26(18-16-25)32-14-6-10-27-21-28-20-19-24-8-2-4-12-31(24)34(28)22-33(27)32/h1-22H. The first kappa shape index (κ1) is 19.1. The summed E-state index contributed by atoms with van der Waals surface area (Å²) in [6.45, 7) is 0. The molecule has 7 aromatic carbocycles. The highest BCUT2D eigenvalue weighted by Gasteiger charge is 2.09. The van der Waals surface area contributed by atoms with E-state index < -0.39 is 0 Å². The first-order valence-corrected chi connectivity index (χ1v) is 11.8. The van der Waals surface area contributed by atoms with Crippen molar-refractivity contribution in [2.24, 2.45) is 0 Å². The molecule has 7 aromatic rings. The number of rotatable bonds is 2. The topological polar surface area (TPSA) is 0 Å².